The Hall–Kier alpha value is -1.53. The van der Waals surface area contributed by atoms with Crippen LogP contribution in [0.2, 0.25) is 0 Å². The molecule has 1 amide bonds. The predicted molar refractivity (Wildman–Crippen MR) is 70.5 cm³/mol. The highest BCUT2D eigenvalue weighted by atomic mass is 35.5. The van der Waals surface area contributed by atoms with E-state index in [4.69, 9.17) is 16.9 Å². The molecule has 2 atom stereocenters. The van der Waals surface area contributed by atoms with Gasteiger partial charge in [0.15, 0.2) is 0 Å². The van der Waals surface area contributed by atoms with Gasteiger partial charge >= 0.3 is 0 Å². The first-order chi connectivity index (χ1) is 8.67. The normalized spacial score (nSPS) is 22.8. The van der Waals surface area contributed by atoms with Gasteiger partial charge in [0.25, 0.3) is 5.91 Å². The molecular formula is C14H15ClN2O. The summed E-state index contributed by atoms with van der Waals surface area (Å²) in [4.78, 5) is 14.2. The molecule has 2 unspecified atom stereocenters. The van der Waals surface area contributed by atoms with E-state index in [1.54, 1.807) is 24.3 Å². The monoisotopic (exact) mass is 262 g/mol. The molecule has 3 nitrogen and oxygen atoms in total. The predicted octanol–water partition coefficient (Wildman–Crippen LogP) is 2.65. The number of carbonyl (C=O) groups excluding carboxylic acids is 1. The summed E-state index contributed by atoms with van der Waals surface area (Å²) in [5.41, 5.74) is 1.08. The summed E-state index contributed by atoms with van der Waals surface area (Å²) < 4.78 is 0. The van der Waals surface area contributed by atoms with Crippen LogP contribution >= 0.6 is 11.6 Å². The van der Waals surface area contributed by atoms with Crippen LogP contribution in [0, 0.1) is 17.2 Å². The van der Waals surface area contributed by atoms with Gasteiger partial charge in [-0.25, -0.2) is 0 Å². The van der Waals surface area contributed by atoms with Crippen molar-refractivity contribution in [3.8, 4) is 6.07 Å². The molecule has 0 bridgehead atoms. The molecule has 0 radical (unpaired) electrons. The van der Waals surface area contributed by atoms with Crippen molar-refractivity contribution in [1.29, 1.82) is 5.26 Å². The average molecular weight is 263 g/mol. The van der Waals surface area contributed by atoms with Crippen molar-refractivity contribution < 1.29 is 4.79 Å². The largest absolute Gasteiger partial charge is 0.334 e. The fraction of sp³-hybridized carbons (Fsp3) is 0.429. The number of nitrogens with zero attached hydrogens (tertiary/aromatic N) is 2. The Labute approximate surface area is 112 Å². The summed E-state index contributed by atoms with van der Waals surface area (Å²) in [5.74, 6) is 0.873. The highest BCUT2D eigenvalue weighted by Gasteiger charge is 2.34. The summed E-state index contributed by atoms with van der Waals surface area (Å²) in [7, 11) is 0. The van der Waals surface area contributed by atoms with Crippen molar-refractivity contribution in [1.82, 2.24) is 4.90 Å². The molecule has 1 aromatic rings. The molecular weight excluding hydrogens is 248 g/mol. The van der Waals surface area contributed by atoms with Gasteiger partial charge in [0.2, 0.25) is 0 Å². The van der Waals surface area contributed by atoms with Crippen molar-refractivity contribution in [2.45, 2.75) is 19.4 Å². The van der Waals surface area contributed by atoms with E-state index in [-0.39, 0.29) is 11.9 Å². The van der Waals surface area contributed by atoms with Gasteiger partial charge in [0.1, 0.15) is 0 Å². The van der Waals surface area contributed by atoms with Crippen LogP contribution in [0.1, 0.15) is 29.3 Å². The Morgan fingerprint density at radius 1 is 1.61 bits per heavy atom. The number of halogens is 1. The molecule has 1 aromatic carbocycles. The van der Waals surface area contributed by atoms with Crippen LogP contribution < -0.4 is 0 Å². The minimum absolute atomic E-state index is 0.0258. The van der Waals surface area contributed by atoms with E-state index in [1.165, 1.54) is 0 Å². The maximum absolute atomic E-state index is 12.4. The molecule has 1 saturated heterocycles. The third kappa shape index (κ3) is 2.34. The van der Waals surface area contributed by atoms with E-state index in [9.17, 15) is 4.79 Å². The van der Waals surface area contributed by atoms with Gasteiger partial charge in [0.05, 0.1) is 11.6 Å². The minimum atomic E-state index is -0.0258. The lowest BCUT2D eigenvalue weighted by Gasteiger charge is -2.25. The number of alkyl halides is 1. The second-order valence-electron chi connectivity index (χ2n) is 4.68. The zero-order valence-corrected chi connectivity index (χ0v) is 11.0. The molecule has 1 aliphatic rings. The number of benzene rings is 1. The zero-order valence-electron chi connectivity index (χ0n) is 10.3. The van der Waals surface area contributed by atoms with Gasteiger partial charge in [0, 0.05) is 24.0 Å². The molecule has 0 aromatic heterocycles. The number of likely N-dealkylation sites (tertiary alicyclic amines) is 1. The third-order valence-electron chi connectivity index (χ3n) is 3.54. The Bertz CT molecular complexity index is 495. The van der Waals surface area contributed by atoms with Gasteiger partial charge in [-0.3, -0.25) is 4.79 Å². The van der Waals surface area contributed by atoms with Crippen molar-refractivity contribution in [2.24, 2.45) is 5.92 Å². The summed E-state index contributed by atoms with van der Waals surface area (Å²) in [6, 6.07) is 8.97. The zero-order chi connectivity index (χ0) is 13.1. The van der Waals surface area contributed by atoms with Crippen LogP contribution in [0.25, 0.3) is 0 Å². The Morgan fingerprint density at radius 3 is 3.06 bits per heavy atom. The molecule has 0 N–H and O–H groups in total. The fourth-order valence-electron chi connectivity index (χ4n) is 2.38. The van der Waals surface area contributed by atoms with E-state index < -0.39 is 0 Å². The van der Waals surface area contributed by atoms with Crippen molar-refractivity contribution in [3.63, 3.8) is 0 Å². The topological polar surface area (TPSA) is 44.1 Å². The van der Waals surface area contributed by atoms with Gasteiger partial charge in [-0.1, -0.05) is 13.0 Å². The molecule has 4 heteroatoms. The first kappa shape index (κ1) is 12.9. The molecule has 1 heterocycles. The van der Waals surface area contributed by atoms with Gasteiger partial charge in [-0.05, 0) is 30.5 Å². The Kier molecular flexibility index (Phi) is 3.88. The summed E-state index contributed by atoms with van der Waals surface area (Å²) >= 11 is 5.94. The highest BCUT2D eigenvalue weighted by Crippen LogP contribution is 2.26. The highest BCUT2D eigenvalue weighted by molar-refractivity contribution is 6.18. The molecule has 0 aliphatic carbocycles. The van der Waals surface area contributed by atoms with Crippen LogP contribution in [0.15, 0.2) is 24.3 Å². The van der Waals surface area contributed by atoms with E-state index in [2.05, 4.69) is 6.92 Å². The molecule has 18 heavy (non-hydrogen) atoms. The smallest absolute Gasteiger partial charge is 0.254 e. The SMILES string of the molecule is CC1CCN(C(=O)c2cccc(C#N)c2)C1CCl. The maximum atomic E-state index is 12.4. The van der Waals surface area contributed by atoms with Crippen molar-refractivity contribution >= 4 is 17.5 Å². The van der Waals surface area contributed by atoms with Crippen molar-refractivity contribution in [3.05, 3.63) is 35.4 Å². The summed E-state index contributed by atoms with van der Waals surface area (Å²) in [5, 5.41) is 8.85. The molecule has 1 aliphatic heterocycles. The van der Waals surface area contributed by atoms with Crippen LogP contribution in [-0.2, 0) is 0 Å². The van der Waals surface area contributed by atoms with Crippen LogP contribution in [0.5, 0.6) is 0 Å². The number of amides is 1. The Balaban J connectivity index is 2.23. The second kappa shape index (κ2) is 5.41. The average Bonchev–Trinajstić information content (AvgIpc) is 2.79. The maximum Gasteiger partial charge on any atom is 0.254 e. The number of hydrogen-bond donors (Lipinski definition) is 0. The third-order valence-corrected chi connectivity index (χ3v) is 3.86. The molecule has 0 spiro atoms. The number of hydrogen-bond acceptors (Lipinski definition) is 2. The Morgan fingerprint density at radius 2 is 2.39 bits per heavy atom. The van der Waals surface area contributed by atoms with Crippen molar-refractivity contribution in [2.75, 3.05) is 12.4 Å². The molecule has 94 valence electrons. The molecule has 0 saturated carbocycles. The lowest BCUT2D eigenvalue weighted by Crippen LogP contribution is -2.38. The van der Waals surface area contributed by atoms with E-state index >= 15 is 0 Å². The van der Waals surface area contributed by atoms with E-state index in [1.807, 2.05) is 11.0 Å². The van der Waals surface area contributed by atoms with Gasteiger partial charge in [-0.2, -0.15) is 5.26 Å². The first-order valence-corrected chi connectivity index (χ1v) is 6.58. The molecule has 2 rings (SSSR count). The second-order valence-corrected chi connectivity index (χ2v) is 4.99. The number of nitriles is 1. The summed E-state index contributed by atoms with van der Waals surface area (Å²) in [6.07, 6.45) is 0.987. The fourth-order valence-corrected chi connectivity index (χ4v) is 2.85. The lowest BCUT2D eigenvalue weighted by atomic mass is 10.0. The first-order valence-electron chi connectivity index (χ1n) is 6.04. The van der Waals surface area contributed by atoms with E-state index in [0.29, 0.717) is 22.9 Å². The van der Waals surface area contributed by atoms with E-state index in [0.717, 1.165) is 13.0 Å². The lowest BCUT2D eigenvalue weighted by molar-refractivity contribution is 0.0737. The number of rotatable bonds is 2. The number of carbonyl (C=O) groups is 1. The van der Waals surface area contributed by atoms with Crippen LogP contribution in [0.4, 0.5) is 0 Å². The standard InChI is InChI=1S/C14H15ClN2O/c1-10-5-6-17(13(10)8-15)14(18)12-4-2-3-11(7-12)9-16/h2-4,7,10,13H,5-6,8H2,1H3. The quantitative estimate of drug-likeness (QED) is 0.769. The summed E-state index contributed by atoms with van der Waals surface area (Å²) in [6.45, 7) is 2.86. The molecule has 1 fully saturated rings. The van der Waals surface area contributed by atoms with Gasteiger partial charge in [-0.15, -0.1) is 11.6 Å². The minimum Gasteiger partial charge on any atom is -0.334 e. The van der Waals surface area contributed by atoms with Crippen LogP contribution in [-0.4, -0.2) is 29.3 Å². The van der Waals surface area contributed by atoms with Crippen LogP contribution in [0.3, 0.4) is 0 Å². The van der Waals surface area contributed by atoms with Gasteiger partial charge < -0.3 is 4.90 Å².